The molecular weight excluding hydrogens is 292 g/mol. The number of nitrogen functional groups attached to an aromatic ring is 1. The van der Waals surface area contributed by atoms with Gasteiger partial charge in [0.25, 0.3) is 0 Å². The molecule has 0 spiro atoms. The van der Waals surface area contributed by atoms with E-state index in [1.54, 1.807) is 12.1 Å². The lowest BCUT2D eigenvalue weighted by Gasteiger charge is -2.16. The Labute approximate surface area is 123 Å². The first-order valence-corrected chi connectivity index (χ1v) is 7.85. The standard InChI is InChI=1S/C13H18N4O3S/c1-3-17-9-12(13(14)15-17)21(19,20)16(2)8-10-5-4-6-11(18)7-10/h4-7,9,18H,3,8H2,1-2H3,(H2,14,15). The van der Waals surface area contributed by atoms with Crippen LogP contribution < -0.4 is 5.73 Å². The molecule has 0 unspecified atom stereocenters. The van der Waals surface area contributed by atoms with E-state index >= 15 is 0 Å². The fourth-order valence-electron chi connectivity index (χ4n) is 1.94. The van der Waals surface area contributed by atoms with Gasteiger partial charge in [-0.2, -0.15) is 9.40 Å². The van der Waals surface area contributed by atoms with Gasteiger partial charge >= 0.3 is 0 Å². The van der Waals surface area contributed by atoms with Gasteiger partial charge in [-0.15, -0.1) is 0 Å². The number of aromatic nitrogens is 2. The molecule has 3 N–H and O–H groups in total. The lowest BCUT2D eigenvalue weighted by atomic mass is 10.2. The minimum atomic E-state index is -3.73. The average molecular weight is 310 g/mol. The highest BCUT2D eigenvalue weighted by Crippen LogP contribution is 2.22. The zero-order valence-corrected chi connectivity index (χ0v) is 12.7. The summed E-state index contributed by atoms with van der Waals surface area (Å²) in [5.74, 6) is 0.0798. The molecule has 0 saturated heterocycles. The number of phenolic OH excluding ortho intramolecular Hbond substituents is 1. The number of phenols is 1. The van der Waals surface area contributed by atoms with Crippen LogP contribution >= 0.6 is 0 Å². The van der Waals surface area contributed by atoms with Crippen molar-refractivity contribution in [3.05, 3.63) is 36.0 Å². The number of sulfonamides is 1. The van der Waals surface area contributed by atoms with Crippen molar-refractivity contribution in [1.29, 1.82) is 0 Å². The highest BCUT2D eigenvalue weighted by molar-refractivity contribution is 7.89. The quantitative estimate of drug-likeness (QED) is 0.858. The third-order valence-corrected chi connectivity index (χ3v) is 4.90. The van der Waals surface area contributed by atoms with E-state index in [2.05, 4.69) is 5.10 Å². The van der Waals surface area contributed by atoms with Gasteiger partial charge in [0.15, 0.2) is 5.82 Å². The molecule has 0 radical (unpaired) electrons. The van der Waals surface area contributed by atoms with Crippen LogP contribution in [-0.4, -0.2) is 34.7 Å². The Hall–Kier alpha value is -2.06. The summed E-state index contributed by atoms with van der Waals surface area (Å²) in [5, 5.41) is 13.4. The van der Waals surface area contributed by atoms with Crippen molar-refractivity contribution >= 4 is 15.8 Å². The predicted octanol–water partition coefficient (Wildman–Crippen LogP) is 1.01. The van der Waals surface area contributed by atoms with Gasteiger partial charge in [-0.05, 0) is 24.6 Å². The predicted molar refractivity (Wildman–Crippen MR) is 79.1 cm³/mol. The molecule has 1 aromatic heterocycles. The molecule has 1 heterocycles. The molecule has 21 heavy (non-hydrogen) atoms. The van der Waals surface area contributed by atoms with E-state index in [1.807, 2.05) is 6.92 Å². The molecule has 0 aliphatic heterocycles. The molecule has 2 rings (SSSR count). The number of nitrogens with two attached hydrogens (primary N) is 1. The summed E-state index contributed by atoms with van der Waals surface area (Å²) < 4.78 is 27.7. The topological polar surface area (TPSA) is 101 Å². The molecule has 2 aromatic rings. The monoisotopic (exact) mass is 310 g/mol. The Balaban J connectivity index is 2.28. The lowest BCUT2D eigenvalue weighted by Crippen LogP contribution is -2.26. The second kappa shape index (κ2) is 5.74. The van der Waals surface area contributed by atoms with Crippen LogP contribution in [0.5, 0.6) is 5.75 Å². The van der Waals surface area contributed by atoms with Crippen LogP contribution in [0.4, 0.5) is 5.82 Å². The Morgan fingerprint density at radius 3 is 2.71 bits per heavy atom. The highest BCUT2D eigenvalue weighted by atomic mass is 32.2. The first-order valence-electron chi connectivity index (χ1n) is 6.41. The number of aryl methyl sites for hydroxylation is 1. The van der Waals surface area contributed by atoms with Crippen molar-refractivity contribution in [2.75, 3.05) is 12.8 Å². The smallest absolute Gasteiger partial charge is 0.248 e. The van der Waals surface area contributed by atoms with Gasteiger partial charge in [0.05, 0.1) is 0 Å². The SMILES string of the molecule is CCn1cc(S(=O)(=O)N(C)Cc2cccc(O)c2)c(N)n1. The van der Waals surface area contributed by atoms with Crippen molar-refractivity contribution < 1.29 is 13.5 Å². The number of aromatic hydroxyl groups is 1. The van der Waals surface area contributed by atoms with E-state index in [9.17, 15) is 13.5 Å². The lowest BCUT2D eigenvalue weighted by molar-refractivity contribution is 0.458. The summed E-state index contributed by atoms with van der Waals surface area (Å²) >= 11 is 0. The molecule has 0 amide bonds. The van der Waals surface area contributed by atoms with E-state index in [0.717, 1.165) is 0 Å². The van der Waals surface area contributed by atoms with Gasteiger partial charge in [0, 0.05) is 26.3 Å². The normalized spacial score (nSPS) is 12.0. The summed E-state index contributed by atoms with van der Waals surface area (Å²) in [6.45, 7) is 2.52. The third kappa shape index (κ3) is 3.17. The molecule has 1 aromatic carbocycles. The molecule has 0 aliphatic carbocycles. The molecule has 0 atom stereocenters. The summed E-state index contributed by atoms with van der Waals surface area (Å²) in [7, 11) is -2.27. The van der Waals surface area contributed by atoms with E-state index in [-0.39, 0.29) is 23.0 Å². The molecule has 0 aliphatic rings. The van der Waals surface area contributed by atoms with Crippen molar-refractivity contribution in [2.24, 2.45) is 0 Å². The maximum absolute atomic E-state index is 12.5. The minimum absolute atomic E-state index is 0.00740. The minimum Gasteiger partial charge on any atom is -0.508 e. The Morgan fingerprint density at radius 1 is 1.43 bits per heavy atom. The summed E-state index contributed by atoms with van der Waals surface area (Å²) in [5.41, 5.74) is 6.36. The zero-order chi connectivity index (χ0) is 15.6. The summed E-state index contributed by atoms with van der Waals surface area (Å²) in [6, 6.07) is 6.45. The van der Waals surface area contributed by atoms with E-state index < -0.39 is 10.0 Å². The van der Waals surface area contributed by atoms with E-state index in [1.165, 1.54) is 34.4 Å². The Kier molecular flexibility index (Phi) is 4.19. The summed E-state index contributed by atoms with van der Waals surface area (Å²) in [6.07, 6.45) is 1.42. The number of benzene rings is 1. The number of hydrogen-bond donors (Lipinski definition) is 2. The molecule has 0 bridgehead atoms. The largest absolute Gasteiger partial charge is 0.508 e. The van der Waals surface area contributed by atoms with Gasteiger partial charge in [-0.1, -0.05) is 12.1 Å². The van der Waals surface area contributed by atoms with Gasteiger partial charge in [0.2, 0.25) is 10.0 Å². The molecule has 0 fully saturated rings. The highest BCUT2D eigenvalue weighted by Gasteiger charge is 2.26. The van der Waals surface area contributed by atoms with Crippen LogP contribution in [0, 0.1) is 0 Å². The Bertz CT molecular complexity index is 740. The van der Waals surface area contributed by atoms with Crippen LogP contribution in [0.25, 0.3) is 0 Å². The second-order valence-corrected chi connectivity index (χ2v) is 6.68. The molecular formula is C13H18N4O3S. The van der Waals surface area contributed by atoms with Crippen LogP contribution in [0.2, 0.25) is 0 Å². The number of rotatable bonds is 5. The van der Waals surface area contributed by atoms with Crippen molar-refractivity contribution in [2.45, 2.75) is 24.9 Å². The van der Waals surface area contributed by atoms with Gasteiger partial charge in [0.1, 0.15) is 10.6 Å². The molecule has 0 saturated carbocycles. The zero-order valence-electron chi connectivity index (χ0n) is 11.9. The number of anilines is 1. The molecule has 7 nitrogen and oxygen atoms in total. The van der Waals surface area contributed by atoms with Crippen LogP contribution in [0.15, 0.2) is 35.4 Å². The average Bonchev–Trinajstić information content (AvgIpc) is 2.80. The van der Waals surface area contributed by atoms with Crippen LogP contribution in [-0.2, 0) is 23.1 Å². The van der Waals surface area contributed by atoms with Crippen LogP contribution in [0.3, 0.4) is 0 Å². The van der Waals surface area contributed by atoms with Gasteiger partial charge in [-0.3, -0.25) is 4.68 Å². The van der Waals surface area contributed by atoms with Gasteiger partial charge < -0.3 is 10.8 Å². The number of hydrogen-bond acceptors (Lipinski definition) is 5. The molecule has 8 heteroatoms. The first-order chi connectivity index (χ1) is 9.84. The maximum atomic E-state index is 12.5. The Morgan fingerprint density at radius 2 is 2.14 bits per heavy atom. The van der Waals surface area contributed by atoms with E-state index in [4.69, 9.17) is 5.73 Å². The van der Waals surface area contributed by atoms with Crippen molar-refractivity contribution in [3.8, 4) is 5.75 Å². The van der Waals surface area contributed by atoms with Gasteiger partial charge in [-0.25, -0.2) is 8.42 Å². The number of nitrogens with zero attached hydrogens (tertiary/aromatic N) is 3. The summed E-state index contributed by atoms with van der Waals surface area (Å²) in [4.78, 5) is -0.00740. The van der Waals surface area contributed by atoms with Crippen molar-refractivity contribution in [1.82, 2.24) is 14.1 Å². The fraction of sp³-hybridized carbons (Fsp3) is 0.308. The van der Waals surface area contributed by atoms with Crippen LogP contribution in [0.1, 0.15) is 12.5 Å². The maximum Gasteiger partial charge on any atom is 0.248 e. The first kappa shape index (κ1) is 15.3. The molecule has 114 valence electrons. The van der Waals surface area contributed by atoms with E-state index in [0.29, 0.717) is 12.1 Å². The second-order valence-electron chi connectivity index (χ2n) is 4.67. The van der Waals surface area contributed by atoms with Crippen molar-refractivity contribution in [3.63, 3.8) is 0 Å². The third-order valence-electron chi connectivity index (χ3n) is 3.08. The fourth-order valence-corrected chi connectivity index (χ4v) is 3.16.